The van der Waals surface area contributed by atoms with Gasteiger partial charge in [0, 0.05) is 19.7 Å². The molecule has 5 heteroatoms. The standard InChI is InChI=1S/C7H11F2N3/c1-12-4-6(3-11-12)2-7(8,9)5-10/h3-4H,2,5,10H2,1H3. The first-order chi connectivity index (χ1) is 5.53. The van der Waals surface area contributed by atoms with E-state index in [9.17, 15) is 8.78 Å². The van der Waals surface area contributed by atoms with Crippen LogP contribution in [0.2, 0.25) is 0 Å². The van der Waals surface area contributed by atoms with Gasteiger partial charge in [-0.05, 0) is 5.56 Å². The zero-order valence-corrected chi connectivity index (χ0v) is 6.80. The van der Waals surface area contributed by atoms with Crippen molar-refractivity contribution in [2.45, 2.75) is 12.3 Å². The van der Waals surface area contributed by atoms with Crippen LogP contribution in [0, 0.1) is 0 Å². The molecule has 0 spiro atoms. The third kappa shape index (κ3) is 2.27. The molecule has 68 valence electrons. The van der Waals surface area contributed by atoms with Gasteiger partial charge in [0.15, 0.2) is 0 Å². The summed E-state index contributed by atoms with van der Waals surface area (Å²) in [7, 11) is 1.68. The zero-order chi connectivity index (χ0) is 9.19. The topological polar surface area (TPSA) is 43.8 Å². The average molecular weight is 175 g/mol. The molecular formula is C7H11F2N3. The number of hydrogen-bond donors (Lipinski definition) is 1. The SMILES string of the molecule is Cn1cc(CC(F)(F)CN)cn1. The van der Waals surface area contributed by atoms with Gasteiger partial charge in [-0.1, -0.05) is 0 Å². The van der Waals surface area contributed by atoms with Gasteiger partial charge in [0.1, 0.15) is 0 Å². The van der Waals surface area contributed by atoms with Gasteiger partial charge in [0.2, 0.25) is 0 Å². The van der Waals surface area contributed by atoms with Crippen molar-refractivity contribution < 1.29 is 8.78 Å². The maximum atomic E-state index is 12.7. The van der Waals surface area contributed by atoms with E-state index in [2.05, 4.69) is 5.10 Å². The van der Waals surface area contributed by atoms with Crippen LogP contribution in [0.4, 0.5) is 8.78 Å². The van der Waals surface area contributed by atoms with E-state index in [0.29, 0.717) is 5.56 Å². The first-order valence-corrected chi connectivity index (χ1v) is 3.59. The number of rotatable bonds is 3. The van der Waals surface area contributed by atoms with Gasteiger partial charge in [-0.3, -0.25) is 4.68 Å². The second-order valence-corrected chi connectivity index (χ2v) is 2.76. The molecule has 0 aromatic carbocycles. The van der Waals surface area contributed by atoms with Gasteiger partial charge < -0.3 is 5.73 Å². The number of aryl methyl sites for hydroxylation is 1. The molecule has 1 heterocycles. The largest absolute Gasteiger partial charge is 0.325 e. The Labute approximate surface area is 69.2 Å². The maximum absolute atomic E-state index is 12.7. The highest BCUT2D eigenvalue weighted by Crippen LogP contribution is 2.17. The summed E-state index contributed by atoms with van der Waals surface area (Å²) in [5, 5.41) is 3.78. The first-order valence-electron chi connectivity index (χ1n) is 3.59. The lowest BCUT2D eigenvalue weighted by molar-refractivity contribution is 0.0115. The van der Waals surface area contributed by atoms with Gasteiger partial charge in [0.05, 0.1) is 12.7 Å². The van der Waals surface area contributed by atoms with E-state index in [4.69, 9.17) is 5.73 Å². The summed E-state index contributed by atoms with van der Waals surface area (Å²) in [6.45, 7) is -0.623. The van der Waals surface area contributed by atoms with Crippen LogP contribution in [0.25, 0.3) is 0 Å². The third-order valence-corrected chi connectivity index (χ3v) is 1.52. The maximum Gasteiger partial charge on any atom is 0.264 e. The molecule has 0 unspecified atom stereocenters. The minimum Gasteiger partial charge on any atom is -0.325 e. The van der Waals surface area contributed by atoms with Crippen molar-refractivity contribution in [1.29, 1.82) is 0 Å². The molecule has 0 radical (unpaired) electrons. The van der Waals surface area contributed by atoms with Crippen LogP contribution in [0.15, 0.2) is 12.4 Å². The number of halogens is 2. The molecule has 0 aliphatic heterocycles. The van der Waals surface area contributed by atoms with E-state index in [1.54, 1.807) is 13.2 Å². The fourth-order valence-electron chi connectivity index (χ4n) is 0.934. The smallest absolute Gasteiger partial charge is 0.264 e. The first kappa shape index (κ1) is 9.12. The monoisotopic (exact) mass is 175 g/mol. The second kappa shape index (κ2) is 3.18. The predicted octanol–water partition coefficient (Wildman–Crippen LogP) is 0.557. The van der Waals surface area contributed by atoms with E-state index in [-0.39, 0.29) is 6.42 Å². The summed E-state index contributed by atoms with van der Waals surface area (Å²) in [6, 6.07) is 0. The minimum absolute atomic E-state index is 0.336. The normalized spacial score (nSPS) is 12.0. The van der Waals surface area contributed by atoms with Crippen molar-refractivity contribution in [1.82, 2.24) is 9.78 Å². The Balaban J connectivity index is 2.63. The van der Waals surface area contributed by atoms with Crippen molar-refractivity contribution in [2.75, 3.05) is 6.54 Å². The number of aromatic nitrogens is 2. The molecule has 0 bridgehead atoms. The van der Waals surface area contributed by atoms with Gasteiger partial charge in [-0.15, -0.1) is 0 Å². The lowest BCUT2D eigenvalue weighted by Gasteiger charge is -2.11. The van der Waals surface area contributed by atoms with E-state index in [1.165, 1.54) is 10.9 Å². The molecule has 0 saturated carbocycles. The fraction of sp³-hybridized carbons (Fsp3) is 0.571. The summed E-state index contributed by atoms with van der Waals surface area (Å²) in [4.78, 5) is 0. The number of alkyl halides is 2. The second-order valence-electron chi connectivity index (χ2n) is 2.76. The number of hydrogen-bond acceptors (Lipinski definition) is 2. The third-order valence-electron chi connectivity index (χ3n) is 1.52. The van der Waals surface area contributed by atoms with Crippen LogP contribution < -0.4 is 5.73 Å². The molecule has 1 rings (SSSR count). The highest BCUT2D eigenvalue weighted by Gasteiger charge is 2.27. The molecular weight excluding hydrogens is 164 g/mol. The Hall–Kier alpha value is -0.970. The molecule has 0 aliphatic carbocycles. The number of nitrogens with two attached hydrogens (primary N) is 1. The molecule has 2 N–H and O–H groups in total. The van der Waals surface area contributed by atoms with Crippen LogP contribution in [0.5, 0.6) is 0 Å². The van der Waals surface area contributed by atoms with Crippen LogP contribution >= 0.6 is 0 Å². The van der Waals surface area contributed by atoms with Crippen LogP contribution in [0.1, 0.15) is 5.56 Å². The Morgan fingerprint density at radius 1 is 1.67 bits per heavy atom. The Morgan fingerprint density at radius 2 is 2.33 bits per heavy atom. The highest BCUT2D eigenvalue weighted by atomic mass is 19.3. The van der Waals surface area contributed by atoms with Crippen LogP contribution in [-0.4, -0.2) is 22.2 Å². The summed E-state index contributed by atoms with van der Waals surface area (Å²) in [5.74, 6) is -2.82. The lowest BCUT2D eigenvalue weighted by Crippen LogP contribution is -2.29. The molecule has 1 aromatic rings. The Morgan fingerprint density at radius 3 is 2.75 bits per heavy atom. The van der Waals surface area contributed by atoms with E-state index >= 15 is 0 Å². The van der Waals surface area contributed by atoms with Crippen molar-refractivity contribution in [3.63, 3.8) is 0 Å². The fourth-order valence-corrected chi connectivity index (χ4v) is 0.934. The summed E-state index contributed by atoms with van der Waals surface area (Å²) in [5.41, 5.74) is 5.39. The highest BCUT2D eigenvalue weighted by molar-refractivity contribution is 5.06. The summed E-state index contributed by atoms with van der Waals surface area (Å²) >= 11 is 0. The molecule has 0 saturated heterocycles. The van der Waals surface area contributed by atoms with Crippen molar-refractivity contribution in [3.05, 3.63) is 18.0 Å². The van der Waals surface area contributed by atoms with E-state index in [0.717, 1.165) is 0 Å². The van der Waals surface area contributed by atoms with Crippen molar-refractivity contribution >= 4 is 0 Å². The molecule has 3 nitrogen and oxygen atoms in total. The summed E-state index contributed by atoms with van der Waals surface area (Å²) < 4.78 is 26.9. The molecule has 0 amide bonds. The summed E-state index contributed by atoms with van der Waals surface area (Å²) in [6.07, 6.45) is 2.64. The van der Waals surface area contributed by atoms with Gasteiger partial charge in [-0.25, -0.2) is 8.78 Å². The van der Waals surface area contributed by atoms with E-state index in [1.807, 2.05) is 0 Å². The van der Waals surface area contributed by atoms with Gasteiger partial charge in [0.25, 0.3) is 5.92 Å². The Bertz CT molecular complexity index is 257. The molecule has 0 atom stereocenters. The Kier molecular flexibility index (Phi) is 2.42. The van der Waals surface area contributed by atoms with Crippen LogP contribution in [0.3, 0.4) is 0 Å². The molecule has 12 heavy (non-hydrogen) atoms. The van der Waals surface area contributed by atoms with Gasteiger partial charge in [-0.2, -0.15) is 5.10 Å². The van der Waals surface area contributed by atoms with Crippen LogP contribution in [-0.2, 0) is 13.5 Å². The minimum atomic E-state index is -2.82. The predicted molar refractivity (Wildman–Crippen MR) is 40.9 cm³/mol. The number of nitrogens with zero attached hydrogens (tertiary/aromatic N) is 2. The van der Waals surface area contributed by atoms with Crippen molar-refractivity contribution in [3.8, 4) is 0 Å². The molecule has 0 aliphatic rings. The zero-order valence-electron chi connectivity index (χ0n) is 6.80. The van der Waals surface area contributed by atoms with E-state index < -0.39 is 12.5 Å². The van der Waals surface area contributed by atoms with Crippen molar-refractivity contribution in [2.24, 2.45) is 12.8 Å². The quantitative estimate of drug-likeness (QED) is 0.729. The molecule has 1 aromatic heterocycles. The lowest BCUT2D eigenvalue weighted by atomic mass is 10.1. The average Bonchev–Trinajstić information content (AvgIpc) is 2.35. The van der Waals surface area contributed by atoms with Gasteiger partial charge >= 0.3 is 0 Å². The molecule has 0 fully saturated rings.